The molecule has 1 N–H and O–H groups in total. The van der Waals surface area contributed by atoms with Crippen LogP contribution in [0.15, 0.2) is 42.5 Å². The van der Waals surface area contributed by atoms with Gasteiger partial charge >= 0.3 is 0 Å². The Labute approximate surface area is 163 Å². The second-order valence-electron chi connectivity index (χ2n) is 6.77. The van der Waals surface area contributed by atoms with Crippen LogP contribution in [0.3, 0.4) is 0 Å². The van der Waals surface area contributed by atoms with Crippen LogP contribution in [-0.4, -0.2) is 54.3 Å². The number of aryl methyl sites for hydroxylation is 1. The van der Waals surface area contributed by atoms with Crippen molar-refractivity contribution in [3.8, 4) is 6.07 Å². The molecule has 0 unspecified atom stereocenters. The van der Waals surface area contributed by atoms with E-state index in [1.807, 2.05) is 11.0 Å². The Kier molecular flexibility index (Phi) is 6.02. The third-order valence-electron chi connectivity index (χ3n) is 4.72. The molecule has 0 atom stereocenters. The second kappa shape index (κ2) is 8.63. The highest BCUT2D eigenvalue weighted by Crippen LogP contribution is 2.14. The molecule has 0 aromatic heterocycles. The zero-order valence-corrected chi connectivity index (χ0v) is 15.6. The summed E-state index contributed by atoms with van der Waals surface area (Å²) >= 11 is 0. The number of carbonyl (C=O) groups excluding carboxylic acids is 2. The van der Waals surface area contributed by atoms with Crippen molar-refractivity contribution in [3.63, 3.8) is 0 Å². The summed E-state index contributed by atoms with van der Waals surface area (Å²) in [6.07, 6.45) is 0. The van der Waals surface area contributed by atoms with Crippen LogP contribution in [0.4, 0.5) is 10.1 Å². The van der Waals surface area contributed by atoms with E-state index < -0.39 is 0 Å². The predicted octanol–water partition coefficient (Wildman–Crippen LogP) is 2.40. The fourth-order valence-electron chi connectivity index (χ4n) is 3.09. The van der Waals surface area contributed by atoms with Crippen molar-refractivity contribution in [1.82, 2.24) is 9.80 Å². The van der Waals surface area contributed by atoms with Crippen LogP contribution in [0.2, 0.25) is 0 Å². The third-order valence-corrected chi connectivity index (χ3v) is 4.72. The topological polar surface area (TPSA) is 76.4 Å². The lowest BCUT2D eigenvalue weighted by Gasteiger charge is -2.34. The maximum absolute atomic E-state index is 13.7. The number of nitrogens with zero attached hydrogens (tertiary/aromatic N) is 3. The molecule has 2 aromatic rings. The fourth-order valence-corrected chi connectivity index (χ4v) is 3.09. The van der Waals surface area contributed by atoms with Gasteiger partial charge in [-0.15, -0.1) is 0 Å². The van der Waals surface area contributed by atoms with E-state index in [2.05, 4.69) is 5.32 Å². The van der Waals surface area contributed by atoms with Gasteiger partial charge in [0.2, 0.25) is 5.91 Å². The van der Waals surface area contributed by atoms with Gasteiger partial charge < -0.3 is 10.2 Å². The molecule has 28 heavy (non-hydrogen) atoms. The van der Waals surface area contributed by atoms with Crippen LogP contribution in [0.1, 0.15) is 21.5 Å². The van der Waals surface area contributed by atoms with Gasteiger partial charge in [-0.25, -0.2) is 4.39 Å². The number of piperazine rings is 1. The van der Waals surface area contributed by atoms with Crippen LogP contribution in [-0.2, 0) is 4.79 Å². The maximum atomic E-state index is 13.7. The molecule has 6 nitrogen and oxygen atoms in total. The molecule has 2 aromatic carbocycles. The molecular formula is C21H21FN4O2. The number of rotatable bonds is 4. The highest BCUT2D eigenvalue weighted by atomic mass is 19.1. The van der Waals surface area contributed by atoms with Crippen molar-refractivity contribution in [2.75, 3.05) is 38.0 Å². The number of hydrogen-bond donors (Lipinski definition) is 1. The zero-order valence-electron chi connectivity index (χ0n) is 15.6. The van der Waals surface area contributed by atoms with E-state index in [9.17, 15) is 14.0 Å². The van der Waals surface area contributed by atoms with Crippen molar-refractivity contribution in [3.05, 3.63) is 65.0 Å². The van der Waals surface area contributed by atoms with E-state index >= 15 is 0 Å². The second-order valence-corrected chi connectivity index (χ2v) is 6.77. The summed E-state index contributed by atoms with van der Waals surface area (Å²) in [7, 11) is 0. The summed E-state index contributed by atoms with van der Waals surface area (Å²) in [6.45, 7) is 3.94. The molecule has 0 bridgehead atoms. The Hall–Kier alpha value is -3.24. The number of hydrogen-bond acceptors (Lipinski definition) is 4. The Bertz CT molecular complexity index is 930. The molecule has 0 aliphatic carbocycles. The smallest absolute Gasteiger partial charge is 0.254 e. The highest BCUT2D eigenvalue weighted by molar-refractivity contribution is 5.94. The predicted molar refractivity (Wildman–Crippen MR) is 103 cm³/mol. The minimum Gasteiger partial charge on any atom is -0.336 e. The SMILES string of the molecule is Cc1ccc(C(=O)N2CCN(CC(=O)Nc3cccc(C#N)c3)CC2)cc1F. The molecule has 1 aliphatic rings. The van der Waals surface area contributed by atoms with Crippen molar-refractivity contribution < 1.29 is 14.0 Å². The van der Waals surface area contributed by atoms with Crippen LogP contribution in [0, 0.1) is 24.1 Å². The minimum absolute atomic E-state index is 0.171. The lowest BCUT2D eigenvalue weighted by Crippen LogP contribution is -2.50. The summed E-state index contributed by atoms with van der Waals surface area (Å²) in [6, 6.07) is 13.3. The van der Waals surface area contributed by atoms with E-state index in [4.69, 9.17) is 5.26 Å². The Morgan fingerprint density at radius 2 is 1.89 bits per heavy atom. The van der Waals surface area contributed by atoms with Crippen LogP contribution in [0.5, 0.6) is 0 Å². The number of nitrogens with one attached hydrogen (secondary N) is 1. The van der Waals surface area contributed by atoms with Gasteiger partial charge in [-0.05, 0) is 42.8 Å². The number of nitriles is 1. The first-order valence-electron chi connectivity index (χ1n) is 9.04. The number of amides is 2. The van der Waals surface area contributed by atoms with Crippen LogP contribution < -0.4 is 5.32 Å². The van der Waals surface area contributed by atoms with Crippen molar-refractivity contribution >= 4 is 17.5 Å². The average Bonchev–Trinajstić information content (AvgIpc) is 2.70. The normalized spacial score (nSPS) is 14.4. The van der Waals surface area contributed by atoms with Crippen molar-refractivity contribution in [1.29, 1.82) is 5.26 Å². The van der Waals surface area contributed by atoms with Crippen LogP contribution >= 0.6 is 0 Å². The van der Waals surface area contributed by atoms with Gasteiger partial charge in [-0.1, -0.05) is 12.1 Å². The van der Waals surface area contributed by atoms with Gasteiger partial charge in [0.25, 0.3) is 5.91 Å². The molecule has 1 saturated heterocycles. The number of carbonyl (C=O) groups is 2. The summed E-state index contributed by atoms with van der Waals surface area (Å²) in [4.78, 5) is 28.4. The van der Waals surface area contributed by atoms with Crippen molar-refractivity contribution in [2.45, 2.75) is 6.92 Å². The summed E-state index contributed by atoms with van der Waals surface area (Å²) in [5.41, 5.74) is 1.91. The number of anilines is 1. The van der Waals surface area contributed by atoms with E-state index in [-0.39, 0.29) is 24.2 Å². The lowest BCUT2D eigenvalue weighted by molar-refractivity contribution is -0.117. The van der Waals surface area contributed by atoms with Crippen LogP contribution in [0.25, 0.3) is 0 Å². The van der Waals surface area contributed by atoms with Gasteiger partial charge in [0.15, 0.2) is 0 Å². The molecule has 7 heteroatoms. The molecule has 144 valence electrons. The third kappa shape index (κ3) is 4.72. The zero-order chi connectivity index (χ0) is 20.1. The molecule has 1 aliphatic heterocycles. The first kappa shape index (κ1) is 19.5. The van der Waals surface area contributed by atoms with E-state index in [0.717, 1.165) is 0 Å². The molecule has 1 fully saturated rings. The van der Waals surface area contributed by atoms with Gasteiger partial charge in [-0.2, -0.15) is 5.26 Å². The number of halogens is 1. The molecular weight excluding hydrogens is 359 g/mol. The van der Waals surface area contributed by atoms with Gasteiger partial charge in [0.05, 0.1) is 18.2 Å². The van der Waals surface area contributed by atoms with E-state index in [0.29, 0.717) is 48.6 Å². The fraction of sp³-hybridized carbons (Fsp3) is 0.286. The monoisotopic (exact) mass is 380 g/mol. The molecule has 0 spiro atoms. The lowest BCUT2D eigenvalue weighted by atomic mass is 10.1. The van der Waals surface area contributed by atoms with Gasteiger partial charge in [0, 0.05) is 37.4 Å². The van der Waals surface area contributed by atoms with E-state index in [1.165, 1.54) is 6.07 Å². The number of benzene rings is 2. The quantitative estimate of drug-likeness (QED) is 0.884. The first-order valence-corrected chi connectivity index (χ1v) is 9.04. The molecule has 2 amide bonds. The van der Waals surface area contributed by atoms with Gasteiger partial charge in [0.1, 0.15) is 5.82 Å². The Morgan fingerprint density at radius 3 is 2.57 bits per heavy atom. The van der Waals surface area contributed by atoms with Gasteiger partial charge in [-0.3, -0.25) is 14.5 Å². The highest BCUT2D eigenvalue weighted by Gasteiger charge is 2.23. The molecule has 0 saturated carbocycles. The van der Waals surface area contributed by atoms with E-state index in [1.54, 1.807) is 48.2 Å². The summed E-state index contributed by atoms with van der Waals surface area (Å²) in [5, 5.41) is 11.7. The molecule has 1 heterocycles. The minimum atomic E-state index is -0.387. The largest absolute Gasteiger partial charge is 0.336 e. The average molecular weight is 380 g/mol. The first-order chi connectivity index (χ1) is 13.5. The molecule has 0 radical (unpaired) electrons. The molecule has 3 rings (SSSR count). The Morgan fingerprint density at radius 1 is 1.14 bits per heavy atom. The maximum Gasteiger partial charge on any atom is 0.254 e. The Balaban J connectivity index is 1.50. The summed E-state index contributed by atoms with van der Waals surface area (Å²) in [5.74, 6) is -0.756. The van der Waals surface area contributed by atoms with Crippen molar-refractivity contribution in [2.24, 2.45) is 0 Å². The standard InChI is InChI=1S/C21H21FN4O2/c1-15-5-6-17(12-19(15)22)21(28)26-9-7-25(8-10-26)14-20(27)24-18-4-2-3-16(11-18)13-23/h2-6,11-12H,7-10,14H2,1H3,(H,24,27). The summed E-state index contributed by atoms with van der Waals surface area (Å²) < 4.78 is 13.7.